The Morgan fingerprint density at radius 3 is 0.909 bits per heavy atom. The van der Waals surface area contributed by atoms with Crippen molar-refractivity contribution in [3.8, 4) is 0 Å². The topological polar surface area (TPSA) is 78.9 Å². The molecule has 0 heterocycles. The Balaban J connectivity index is -0.000000196. The van der Waals surface area contributed by atoms with Gasteiger partial charge in [0.15, 0.2) is 0 Å². The van der Waals surface area contributed by atoms with Gasteiger partial charge in [-0.25, -0.2) is 17.6 Å². The minimum Gasteiger partial charge on any atom is -0.465 e. The predicted octanol–water partition coefficient (Wildman–Crippen LogP) is 12.3. The van der Waals surface area contributed by atoms with Crippen LogP contribution in [-0.4, -0.2) is 91.0 Å². The molecule has 330 valence electrons. The van der Waals surface area contributed by atoms with E-state index in [9.17, 15) is 84.6 Å². The Hall–Kier alpha value is -1.04. The van der Waals surface area contributed by atoms with Gasteiger partial charge < -0.3 is 14.2 Å². The molecule has 0 saturated heterocycles. The van der Waals surface area contributed by atoms with Crippen molar-refractivity contribution in [2.75, 3.05) is 19.8 Å². The second-order valence-corrected chi connectivity index (χ2v) is 16.8. The summed E-state index contributed by atoms with van der Waals surface area (Å²) in [4.78, 5) is 30.7. The Kier molecular flexibility index (Phi) is 30.8. The lowest BCUT2D eigenvalue weighted by molar-refractivity contribution is -0.226. The molecule has 0 aliphatic heterocycles. The number of carbonyl (C=O) groups excluding carboxylic acids is 3. The third-order valence-corrected chi connectivity index (χ3v) is 7.56. The molecule has 6 nitrogen and oxygen atoms in total. The van der Waals surface area contributed by atoms with Gasteiger partial charge in [-0.3, -0.25) is 14.4 Å². The summed E-state index contributed by atoms with van der Waals surface area (Å²) in [5.74, 6) is -1.45. The van der Waals surface area contributed by atoms with Gasteiger partial charge in [0.05, 0.1) is 0 Å². The molecule has 0 amide bonds. The van der Waals surface area contributed by atoms with E-state index in [1.165, 1.54) is 13.0 Å². The summed E-state index contributed by atoms with van der Waals surface area (Å²) in [6.45, 7) is 11.8. The van der Waals surface area contributed by atoms with Gasteiger partial charge in [0.1, 0.15) is 19.8 Å². The zero-order valence-electron chi connectivity index (χ0n) is 30.1. The highest BCUT2D eigenvalue weighted by Crippen LogP contribution is 2.40. The molecule has 0 N–H and O–H groups in total. The summed E-state index contributed by atoms with van der Waals surface area (Å²) in [6.07, 6.45) is -19.0. The molecule has 0 fully saturated rings. The van der Waals surface area contributed by atoms with E-state index in [1.807, 2.05) is 0 Å². The lowest BCUT2D eigenvalue weighted by Crippen LogP contribution is -2.40. The van der Waals surface area contributed by atoms with Crippen molar-refractivity contribution >= 4 is 85.7 Å². The molecule has 0 rings (SSSR count). The Bertz CT molecular complexity index is 1070. The molecule has 0 aromatic carbocycles. The van der Waals surface area contributed by atoms with Crippen LogP contribution in [0.4, 0.5) is 70.2 Å². The van der Waals surface area contributed by atoms with Crippen molar-refractivity contribution < 1.29 is 98.8 Å². The third-order valence-electron chi connectivity index (χ3n) is 5.35. The van der Waals surface area contributed by atoms with Crippen LogP contribution in [0.25, 0.3) is 0 Å². The third kappa shape index (κ3) is 34.7. The van der Waals surface area contributed by atoms with Crippen molar-refractivity contribution in [2.45, 2.75) is 121 Å². The van der Waals surface area contributed by atoms with Crippen LogP contribution in [0.2, 0.25) is 0 Å². The molecule has 6 atom stereocenters. The molecule has 0 bridgehead atoms. The van der Waals surface area contributed by atoms with Gasteiger partial charge in [-0.1, -0.05) is 63.9 Å². The van der Waals surface area contributed by atoms with Crippen LogP contribution in [0.5, 0.6) is 0 Å². The number of allylic oxidation sites excluding steroid dienone is 1. The van der Waals surface area contributed by atoms with Crippen LogP contribution in [-0.2, 0) is 28.6 Å². The normalized spacial score (nSPS) is 17.1. The first kappa shape index (κ1) is 63.1. The number of carbonyl (C=O) groups is 3. The van der Waals surface area contributed by atoms with E-state index in [2.05, 4.69) is 27.4 Å². The number of ether oxygens (including phenoxy) is 3. The summed E-state index contributed by atoms with van der Waals surface area (Å²) in [5.41, 5.74) is -9.63. The predicted molar refractivity (Wildman–Crippen MR) is 196 cm³/mol. The maximum Gasteiger partial charge on any atom is 0.431 e. The smallest absolute Gasteiger partial charge is 0.431 e. The average Bonchev–Trinajstić information content (AvgIpc) is 2.92. The van der Waals surface area contributed by atoms with Crippen molar-refractivity contribution in [3.05, 3.63) is 25.3 Å². The highest BCUT2D eigenvalue weighted by atomic mass is 127. The summed E-state index contributed by atoms with van der Waals surface area (Å²) < 4.78 is 200. The molecule has 0 aliphatic rings. The van der Waals surface area contributed by atoms with E-state index in [4.69, 9.17) is 0 Å². The average molecular weight is 1180 g/mol. The van der Waals surface area contributed by atoms with Gasteiger partial charge in [0.25, 0.3) is 3.68 Å². The zero-order chi connectivity index (χ0) is 45.7. The van der Waals surface area contributed by atoms with E-state index in [1.54, 1.807) is 45.2 Å². The first-order valence-corrected chi connectivity index (χ1v) is 18.1. The van der Waals surface area contributed by atoms with E-state index < -0.39 is 84.4 Å². The first-order chi connectivity index (χ1) is 24.0. The van der Waals surface area contributed by atoms with Crippen LogP contribution in [0.15, 0.2) is 25.3 Å². The summed E-state index contributed by atoms with van der Waals surface area (Å²) in [5, 5.41) is 0. The quantitative estimate of drug-likeness (QED) is 0.0484. The molecule has 0 saturated carbocycles. The van der Waals surface area contributed by atoms with E-state index in [-0.39, 0.29) is 19.2 Å². The maximum absolute atomic E-state index is 13.1. The second-order valence-electron chi connectivity index (χ2n) is 11.3. The first-order valence-electron chi connectivity index (χ1n) is 14.6. The number of esters is 3. The lowest BCUT2D eigenvalue weighted by atomic mass is 10.0. The van der Waals surface area contributed by atoms with Gasteiger partial charge in [-0.15, -0.1) is 6.58 Å². The highest BCUT2D eigenvalue weighted by molar-refractivity contribution is 14.1. The Labute approximate surface area is 348 Å². The van der Waals surface area contributed by atoms with Crippen LogP contribution in [0, 0.1) is 0 Å². The molecular weight excluding hydrogens is 1140 g/mol. The number of hydrogen-bond acceptors (Lipinski definition) is 6. The number of halogens is 19. The van der Waals surface area contributed by atoms with Gasteiger partial charge in [0, 0.05) is 47.9 Å². The molecule has 6 unspecified atom stereocenters. The summed E-state index contributed by atoms with van der Waals surface area (Å²) in [7, 11) is 0. The molecule has 0 aliphatic carbocycles. The molecule has 25 heteroatoms. The van der Waals surface area contributed by atoms with Crippen LogP contribution >= 0.6 is 67.8 Å². The zero-order valence-corrected chi connectivity index (χ0v) is 36.6. The summed E-state index contributed by atoms with van der Waals surface area (Å²) in [6, 6.07) is 0. The van der Waals surface area contributed by atoms with Crippen molar-refractivity contribution in [3.63, 3.8) is 0 Å². The van der Waals surface area contributed by atoms with Crippen molar-refractivity contribution in [1.29, 1.82) is 0 Å². The van der Waals surface area contributed by atoms with Gasteiger partial charge >= 0.3 is 42.6 Å². The number of alkyl halides is 19. The second kappa shape index (κ2) is 26.9. The highest BCUT2D eigenvalue weighted by Gasteiger charge is 2.54. The van der Waals surface area contributed by atoms with Gasteiger partial charge in [0.2, 0.25) is 17.0 Å². The number of hydrogen-bond donors (Lipinski definition) is 0. The SMILES string of the molecule is C=CCC(C)(F)C(F)(F)F.C=CCOC(C)=O.CC(=O)OCC(I)CC(C)(F)C(F)(F)F.CC(=O)OCC(I)CC(C)(F)C(F)(F)F.CC(F)(I)C(F)(F)F. The Morgan fingerprint density at radius 1 is 0.527 bits per heavy atom. The van der Waals surface area contributed by atoms with Crippen LogP contribution < -0.4 is 0 Å². The molecule has 0 radical (unpaired) electrons. The molecule has 0 aromatic rings. The minimum absolute atomic E-state index is 0.217. The minimum atomic E-state index is -4.90. The van der Waals surface area contributed by atoms with Crippen molar-refractivity contribution in [2.24, 2.45) is 0 Å². The fraction of sp³-hybridized carbons (Fsp3) is 0.767. The fourth-order valence-electron chi connectivity index (χ4n) is 2.16. The molecule has 0 spiro atoms. The van der Waals surface area contributed by atoms with Crippen LogP contribution in [0.3, 0.4) is 0 Å². The summed E-state index contributed by atoms with van der Waals surface area (Å²) >= 11 is 3.94. The standard InChI is InChI=1S/2C8H11F4IO2.C6H8F4.C5H8O2.C3H3F4I/c2*1-5(14)15-4-6(13)3-7(2,9)8(10,11)12;1-3-4-5(2,7)6(8,9)10;1-3-4-7-5(2)6;1-2(4,8)3(5,6)7/h2*6H,3-4H2,1-2H3;3H,1,4H2,2H3;3H,1,4H2,2H3;1H3. The molecule has 0 aromatic heterocycles. The van der Waals surface area contributed by atoms with E-state index in [0.29, 0.717) is 56.9 Å². The van der Waals surface area contributed by atoms with Crippen LogP contribution in [0.1, 0.15) is 67.7 Å². The number of rotatable bonds is 12. The van der Waals surface area contributed by atoms with Crippen molar-refractivity contribution in [1.82, 2.24) is 0 Å². The fourth-order valence-corrected chi connectivity index (χ4v) is 4.17. The van der Waals surface area contributed by atoms with Gasteiger partial charge in [-0.05, 0) is 50.3 Å². The lowest BCUT2D eigenvalue weighted by Gasteiger charge is -2.25. The van der Waals surface area contributed by atoms with E-state index >= 15 is 0 Å². The largest absolute Gasteiger partial charge is 0.465 e. The maximum atomic E-state index is 13.1. The molecular formula is C30H41F16I3O6. The van der Waals surface area contributed by atoms with E-state index in [0.717, 1.165) is 19.9 Å². The molecule has 55 heavy (non-hydrogen) atoms. The van der Waals surface area contributed by atoms with Gasteiger partial charge in [-0.2, -0.15) is 52.7 Å². The Morgan fingerprint density at radius 2 is 0.782 bits per heavy atom. The monoisotopic (exact) mass is 1180 g/mol.